The number of anilines is 1. The van der Waals surface area contributed by atoms with Gasteiger partial charge in [0.2, 0.25) is 0 Å². The minimum atomic E-state index is -0.650. The molecule has 5 aromatic rings. The van der Waals surface area contributed by atoms with E-state index >= 15 is 8.78 Å². The average molecular weight is 763 g/mol. The standard InChI is InChI=1S/C43H48F2N8O3/c1-5-31-34(44)9-6-26-14-30(54)15-32(35(26)31)36-38(45)40-37(33-20-50(4)48-39(33)36)41(53-28-7-8-29(53)19-52(18-28)16-25-21-55-22-25)47-42(46-40)56-24-43(11-12-43)23-51-13-10-27(17-51)49(2)3/h1,6,9,14-15,20,25,27-29,54H,7-8,10-13,16-19,21-24H2,2-4H3/t27-,28?,29?/m0/s1. The number of likely N-dealkylation sites (tertiary alicyclic amines) is 2. The van der Waals surface area contributed by atoms with Crippen molar-refractivity contribution in [3.8, 4) is 35.2 Å². The lowest BCUT2D eigenvalue weighted by Crippen LogP contribution is -2.56. The van der Waals surface area contributed by atoms with E-state index in [2.05, 4.69) is 39.6 Å². The second-order valence-electron chi connectivity index (χ2n) is 17.3. The molecule has 56 heavy (non-hydrogen) atoms. The number of halogens is 2. The van der Waals surface area contributed by atoms with Gasteiger partial charge in [0.25, 0.3) is 0 Å². The van der Waals surface area contributed by atoms with Crippen molar-refractivity contribution in [3.63, 3.8) is 0 Å². The number of likely N-dealkylation sites (N-methyl/N-ethyl adjacent to an activating group) is 1. The van der Waals surface area contributed by atoms with Gasteiger partial charge in [-0.3, -0.25) is 9.58 Å². The highest BCUT2D eigenvalue weighted by Gasteiger charge is 2.47. The van der Waals surface area contributed by atoms with Crippen LogP contribution in [0.25, 0.3) is 43.7 Å². The van der Waals surface area contributed by atoms with Crippen LogP contribution in [0.1, 0.15) is 37.7 Å². The molecule has 5 fully saturated rings. The number of terminal acetylenes is 1. The molecule has 10 rings (SSSR count). The van der Waals surface area contributed by atoms with Crippen LogP contribution < -0.4 is 9.64 Å². The lowest BCUT2D eigenvalue weighted by atomic mass is 9.91. The number of aryl methyl sites for hydroxylation is 1. The van der Waals surface area contributed by atoms with Gasteiger partial charge in [-0.15, -0.1) is 6.42 Å². The summed E-state index contributed by atoms with van der Waals surface area (Å²) < 4.78 is 46.9. The number of rotatable bonds is 10. The van der Waals surface area contributed by atoms with E-state index < -0.39 is 11.6 Å². The minimum Gasteiger partial charge on any atom is -0.508 e. The van der Waals surface area contributed by atoms with Crippen LogP contribution in [-0.4, -0.2) is 131 Å². The van der Waals surface area contributed by atoms with Crippen molar-refractivity contribution < 1.29 is 23.4 Å². The third-order valence-electron chi connectivity index (χ3n) is 13.1. The zero-order chi connectivity index (χ0) is 38.5. The molecule has 3 aromatic carbocycles. The number of hydrogen-bond donors (Lipinski definition) is 1. The lowest BCUT2D eigenvalue weighted by Gasteiger charge is -2.44. The largest absolute Gasteiger partial charge is 0.508 e. The first kappa shape index (κ1) is 35.8. The number of hydrogen-bond acceptors (Lipinski definition) is 10. The van der Waals surface area contributed by atoms with Crippen LogP contribution in [0.4, 0.5) is 14.6 Å². The Bertz CT molecular complexity index is 2410. The molecule has 292 valence electrons. The molecule has 11 nitrogen and oxygen atoms in total. The van der Waals surface area contributed by atoms with Crippen LogP contribution in [0.3, 0.4) is 0 Å². The molecular formula is C43H48F2N8O3. The van der Waals surface area contributed by atoms with E-state index in [-0.39, 0.29) is 51.5 Å². The highest BCUT2D eigenvalue weighted by molar-refractivity contribution is 6.18. The number of piperazine rings is 1. The Hall–Kier alpha value is -4.61. The summed E-state index contributed by atoms with van der Waals surface area (Å²) in [4.78, 5) is 19.9. The molecule has 0 spiro atoms. The van der Waals surface area contributed by atoms with Crippen LogP contribution in [-0.2, 0) is 11.8 Å². The summed E-state index contributed by atoms with van der Waals surface area (Å²) in [5.74, 6) is 2.33. The first-order valence-electron chi connectivity index (χ1n) is 20.0. The van der Waals surface area contributed by atoms with Gasteiger partial charge in [0.05, 0.1) is 30.8 Å². The van der Waals surface area contributed by atoms with Crippen LogP contribution >= 0.6 is 0 Å². The molecule has 4 aliphatic heterocycles. The minimum absolute atomic E-state index is 0.00274. The SMILES string of the molecule is C#Cc1c(F)ccc2cc(O)cc(-c3c(F)c4nc(OCC5(CN6CC[C@H](N(C)C)C6)CC5)nc(N5C6CCC5CN(CC5COC5)C6)c4c4cn(C)nc34)c12. The summed E-state index contributed by atoms with van der Waals surface area (Å²) in [5, 5.41) is 17.8. The van der Waals surface area contributed by atoms with Crippen molar-refractivity contribution in [2.45, 2.75) is 50.2 Å². The summed E-state index contributed by atoms with van der Waals surface area (Å²) in [7, 11) is 6.09. The predicted molar refractivity (Wildman–Crippen MR) is 212 cm³/mol. The molecule has 1 saturated carbocycles. The van der Waals surface area contributed by atoms with Crippen LogP contribution in [0.15, 0.2) is 30.5 Å². The number of benzene rings is 3. The first-order chi connectivity index (χ1) is 27.1. The second kappa shape index (κ2) is 13.5. The van der Waals surface area contributed by atoms with E-state index in [4.69, 9.17) is 31.0 Å². The zero-order valence-electron chi connectivity index (χ0n) is 32.3. The molecule has 1 N–H and O–H groups in total. The first-order valence-corrected chi connectivity index (χ1v) is 20.0. The second-order valence-corrected chi connectivity index (χ2v) is 17.3. The van der Waals surface area contributed by atoms with Gasteiger partial charge in [-0.1, -0.05) is 12.0 Å². The monoisotopic (exact) mass is 762 g/mol. The molecule has 0 radical (unpaired) electrons. The number of aromatic hydroxyl groups is 1. The number of ether oxygens (including phenoxy) is 2. The van der Waals surface area contributed by atoms with Crippen LogP contribution in [0, 0.1) is 35.3 Å². The highest BCUT2D eigenvalue weighted by Crippen LogP contribution is 2.49. The van der Waals surface area contributed by atoms with Crippen molar-refractivity contribution in [2.75, 3.05) is 78.1 Å². The van der Waals surface area contributed by atoms with Crippen molar-refractivity contribution in [3.05, 3.63) is 47.7 Å². The summed E-state index contributed by atoms with van der Waals surface area (Å²) in [6.07, 6.45) is 13.0. The zero-order valence-corrected chi connectivity index (χ0v) is 32.3. The normalized spacial score (nSPS) is 23.8. The number of fused-ring (bicyclic) bond motifs is 6. The van der Waals surface area contributed by atoms with Crippen molar-refractivity contribution >= 4 is 38.4 Å². The third-order valence-corrected chi connectivity index (χ3v) is 13.1. The fraction of sp³-hybridized carbons (Fsp3) is 0.512. The molecule has 0 amide bonds. The molecule has 13 heteroatoms. The van der Waals surface area contributed by atoms with Gasteiger partial charge >= 0.3 is 6.01 Å². The number of nitrogens with zero attached hydrogens (tertiary/aromatic N) is 8. The van der Waals surface area contributed by atoms with Gasteiger partial charge in [-0.25, -0.2) is 8.78 Å². The fourth-order valence-corrected chi connectivity index (χ4v) is 10.0. The van der Waals surface area contributed by atoms with E-state index in [0.29, 0.717) is 51.4 Å². The maximum atomic E-state index is 17.9. The molecule has 2 bridgehead atoms. The van der Waals surface area contributed by atoms with Gasteiger partial charge in [0, 0.05) is 91.8 Å². The molecule has 2 aromatic heterocycles. The maximum absolute atomic E-state index is 17.9. The Balaban J connectivity index is 1.11. The summed E-state index contributed by atoms with van der Waals surface area (Å²) in [6.45, 7) is 7.89. The van der Waals surface area contributed by atoms with Gasteiger partial charge in [-0.2, -0.15) is 15.1 Å². The molecular weight excluding hydrogens is 715 g/mol. The quantitative estimate of drug-likeness (QED) is 0.187. The van der Waals surface area contributed by atoms with E-state index in [0.717, 1.165) is 84.6 Å². The number of phenols is 1. The Labute approximate surface area is 325 Å². The summed E-state index contributed by atoms with van der Waals surface area (Å²) in [5.41, 5.74) is 0.770. The van der Waals surface area contributed by atoms with Gasteiger partial charge in [0.1, 0.15) is 28.4 Å². The van der Waals surface area contributed by atoms with Crippen molar-refractivity contribution in [1.82, 2.24) is 34.4 Å². The Morgan fingerprint density at radius 3 is 2.48 bits per heavy atom. The number of aromatic nitrogens is 4. The smallest absolute Gasteiger partial charge is 0.319 e. The highest BCUT2D eigenvalue weighted by atomic mass is 19.1. The van der Waals surface area contributed by atoms with Crippen molar-refractivity contribution in [1.29, 1.82) is 0 Å². The van der Waals surface area contributed by atoms with Gasteiger partial charge in [-0.05, 0) is 81.9 Å². The molecule has 4 saturated heterocycles. The Morgan fingerprint density at radius 1 is 1.02 bits per heavy atom. The van der Waals surface area contributed by atoms with Gasteiger partial charge < -0.3 is 29.3 Å². The van der Waals surface area contributed by atoms with E-state index in [1.165, 1.54) is 18.2 Å². The molecule has 3 atom stereocenters. The van der Waals surface area contributed by atoms with Gasteiger partial charge in [0.15, 0.2) is 5.82 Å². The molecule has 6 heterocycles. The van der Waals surface area contributed by atoms with E-state index in [1.54, 1.807) is 17.8 Å². The van der Waals surface area contributed by atoms with Crippen LogP contribution in [0.2, 0.25) is 0 Å². The fourth-order valence-electron chi connectivity index (χ4n) is 10.0. The van der Waals surface area contributed by atoms with E-state index in [1.807, 2.05) is 6.20 Å². The average Bonchev–Trinajstić information content (AvgIpc) is 3.41. The maximum Gasteiger partial charge on any atom is 0.319 e. The summed E-state index contributed by atoms with van der Waals surface area (Å²) >= 11 is 0. The Morgan fingerprint density at radius 2 is 1.80 bits per heavy atom. The Kier molecular flexibility index (Phi) is 8.63. The van der Waals surface area contributed by atoms with E-state index in [9.17, 15) is 5.11 Å². The molecule has 5 aliphatic rings. The lowest BCUT2D eigenvalue weighted by molar-refractivity contribution is -0.0484. The number of phenolic OH excluding ortho intramolecular Hbond substituents is 1. The topological polar surface area (TPSA) is 95.3 Å². The van der Waals surface area contributed by atoms with Crippen LogP contribution in [0.5, 0.6) is 11.8 Å². The molecule has 1 aliphatic carbocycles. The summed E-state index contributed by atoms with van der Waals surface area (Å²) in [6, 6.07) is 6.80. The third kappa shape index (κ3) is 6.04. The molecule has 2 unspecified atom stereocenters. The van der Waals surface area contributed by atoms with Crippen molar-refractivity contribution in [2.24, 2.45) is 18.4 Å². The predicted octanol–water partition coefficient (Wildman–Crippen LogP) is 5.40.